The van der Waals surface area contributed by atoms with Crippen molar-refractivity contribution < 1.29 is 19.3 Å². The third-order valence-electron chi connectivity index (χ3n) is 3.32. The topological polar surface area (TPSA) is 60.0 Å². The zero-order valence-electron chi connectivity index (χ0n) is 11.9. The summed E-state index contributed by atoms with van der Waals surface area (Å²) in [6.07, 6.45) is 2.80. The van der Waals surface area contributed by atoms with Gasteiger partial charge in [-0.2, -0.15) is 0 Å². The minimum Gasteiger partial charge on any atom is -0.454 e. The molecular weight excluding hydrogens is 258 g/mol. The fraction of sp³-hybridized carbons (Fsp3) is 0.600. The van der Waals surface area contributed by atoms with Gasteiger partial charge in [0.25, 0.3) is 0 Å². The third-order valence-corrected chi connectivity index (χ3v) is 3.32. The van der Waals surface area contributed by atoms with E-state index in [1.54, 1.807) is 7.11 Å². The van der Waals surface area contributed by atoms with Crippen molar-refractivity contribution in [1.82, 2.24) is 5.32 Å². The minimum absolute atomic E-state index is 0.259. The summed E-state index contributed by atoms with van der Waals surface area (Å²) in [6.45, 7) is 2.53. The first kappa shape index (κ1) is 15.1. The fourth-order valence-corrected chi connectivity index (χ4v) is 2.15. The number of benzene rings is 1. The highest BCUT2D eigenvalue weighted by molar-refractivity contribution is 5.45. The second kappa shape index (κ2) is 8.09. The number of aliphatic hydroxyl groups is 1. The van der Waals surface area contributed by atoms with Gasteiger partial charge >= 0.3 is 0 Å². The molecule has 1 atom stereocenters. The van der Waals surface area contributed by atoms with Crippen molar-refractivity contribution in [2.45, 2.75) is 25.4 Å². The Morgan fingerprint density at radius 2 is 2.10 bits per heavy atom. The molecule has 2 N–H and O–H groups in total. The van der Waals surface area contributed by atoms with Gasteiger partial charge in [-0.1, -0.05) is 6.07 Å². The normalized spacial score (nSPS) is 14.5. The minimum atomic E-state index is -0.525. The predicted molar refractivity (Wildman–Crippen MR) is 76.1 cm³/mol. The van der Waals surface area contributed by atoms with E-state index in [0.717, 1.165) is 43.7 Å². The maximum atomic E-state index is 10.1. The molecule has 1 aliphatic rings. The Morgan fingerprint density at radius 1 is 1.25 bits per heavy atom. The average Bonchev–Trinajstić information content (AvgIpc) is 2.93. The van der Waals surface area contributed by atoms with Crippen LogP contribution in [0.1, 0.15) is 30.9 Å². The summed E-state index contributed by atoms with van der Waals surface area (Å²) in [5.41, 5.74) is 0.848. The van der Waals surface area contributed by atoms with Crippen molar-refractivity contribution in [3.8, 4) is 11.5 Å². The van der Waals surface area contributed by atoms with Crippen molar-refractivity contribution in [2.24, 2.45) is 0 Å². The van der Waals surface area contributed by atoms with Gasteiger partial charge < -0.3 is 24.6 Å². The van der Waals surface area contributed by atoms with Crippen LogP contribution >= 0.6 is 0 Å². The number of nitrogens with one attached hydrogen (secondary N) is 1. The van der Waals surface area contributed by atoms with Gasteiger partial charge in [0.2, 0.25) is 6.79 Å². The standard InChI is InChI=1S/C15H23NO4/c1-18-8-4-2-3-7-16-10-13(17)12-5-6-14-15(9-12)20-11-19-14/h5-6,9,13,16-17H,2-4,7-8,10-11H2,1H3. The average molecular weight is 281 g/mol. The molecule has 0 radical (unpaired) electrons. The summed E-state index contributed by atoms with van der Waals surface area (Å²) in [6, 6.07) is 5.55. The molecular formula is C15H23NO4. The van der Waals surface area contributed by atoms with E-state index >= 15 is 0 Å². The second-order valence-electron chi connectivity index (χ2n) is 4.89. The maximum absolute atomic E-state index is 10.1. The summed E-state index contributed by atoms with van der Waals surface area (Å²) >= 11 is 0. The van der Waals surface area contributed by atoms with Crippen LogP contribution in [0.3, 0.4) is 0 Å². The van der Waals surface area contributed by atoms with Crippen molar-refractivity contribution in [2.75, 3.05) is 33.6 Å². The van der Waals surface area contributed by atoms with E-state index in [-0.39, 0.29) is 6.79 Å². The maximum Gasteiger partial charge on any atom is 0.231 e. The van der Waals surface area contributed by atoms with E-state index in [9.17, 15) is 5.11 Å². The lowest BCUT2D eigenvalue weighted by Gasteiger charge is -2.12. The largest absolute Gasteiger partial charge is 0.454 e. The van der Waals surface area contributed by atoms with E-state index < -0.39 is 6.10 Å². The van der Waals surface area contributed by atoms with Crippen LogP contribution in [0.25, 0.3) is 0 Å². The summed E-state index contributed by atoms with van der Waals surface area (Å²) in [7, 11) is 1.72. The molecule has 5 nitrogen and oxygen atoms in total. The number of unbranched alkanes of at least 4 members (excludes halogenated alkanes) is 2. The van der Waals surface area contributed by atoms with E-state index in [4.69, 9.17) is 14.2 Å². The van der Waals surface area contributed by atoms with E-state index in [1.807, 2.05) is 18.2 Å². The zero-order valence-corrected chi connectivity index (χ0v) is 11.9. The highest BCUT2D eigenvalue weighted by Crippen LogP contribution is 2.33. The van der Waals surface area contributed by atoms with Crippen LogP contribution in [0.4, 0.5) is 0 Å². The van der Waals surface area contributed by atoms with Crippen LogP contribution in [0.5, 0.6) is 11.5 Å². The Kier molecular flexibility index (Phi) is 6.11. The van der Waals surface area contributed by atoms with Crippen LogP contribution in [0.15, 0.2) is 18.2 Å². The Balaban J connectivity index is 1.66. The van der Waals surface area contributed by atoms with Gasteiger partial charge in [0, 0.05) is 20.3 Å². The smallest absolute Gasteiger partial charge is 0.231 e. The van der Waals surface area contributed by atoms with Gasteiger partial charge in [-0.15, -0.1) is 0 Å². The molecule has 0 aliphatic carbocycles. The van der Waals surface area contributed by atoms with Gasteiger partial charge in [0.15, 0.2) is 11.5 Å². The third kappa shape index (κ3) is 4.37. The van der Waals surface area contributed by atoms with Crippen LogP contribution in [0.2, 0.25) is 0 Å². The van der Waals surface area contributed by atoms with Gasteiger partial charge in [0.1, 0.15) is 0 Å². The van der Waals surface area contributed by atoms with Gasteiger partial charge in [-0.05, 0) is 43.5 Å². The fourth-order valence-electron chi connectivity index (χ4n) is 2.15. The van der Waals surface area contributed by atoms with Crippen LogP contribution in [0, 0.1) is 0 Å². The van der Waals surface area contributed by atoms with Crippen molar-refractivity contribution in [3.05, 3.63) is 23.8 Å². The molecule has 5 heteroatoms. The monoisotopic (exact) mass is 281 g/mol. The Bertz CT molecular complexity index is 411. The lowest BCUT2D eigenvalue weighted by Crippen LogP contribution is -2.22. The quantitative estimate of drug-likeness (QED) is 0.677. The molecule has 1 heterocycles. The first-order valence-electron chi connectivity index (χ1n) is 7.08. The molecule has 0 saturated heterocycles. The zero-order chi connectivity index (χ0) is 14.2. The predicted octanol–water partition coefficient (Wildman–Crippen LogP) is 1.85. The molecule has 0 saturated carbocycles. The molecule has 0 spiro atoms. The SMILES string of the molecule is COCCCCCNCC(O)c1ccc2c(c1)OCO2. The summed E-state index contributed by atoms with van der Waals surface area (Å²) in [4.78, 5) is 0. The number of methoxy groups -OCH3 is 1. The van der Waals surface area contributed by atoms with E-state index in [1.165, 1.54) is 0 Å². The molecule has 1 aromatic carbocycles. The van der Waals surface area contributed by atoms with Gasteiger partial charge in [0.05, 0.1) is 6.10 Å². The second-order valence-corrected chi connectivity index (χ2v) is 4.89. The first-order valence-corrected chi connectivity index (χ1v) is 7.08. The van der Waals surface area contributed by atoms with Crippen molar-refractivity contribution in [3.63, 3.8) is 0 Å². The first-order chi connectivity index (χ1) is 9.81. The Labute approximate surface area is 119 Å². The number of rotatable bonds is 9. The molecule has 1 unspecified atom stereocenters. The molecule has 0 fully saturated rings. The molecule has 1 aromatic rings. The lowest BCUT2D eigenvalue weighted by atomic mass is 10.1. The molecule has 1 aliphatic heterocycles. The highest BCUT2D eigenvalue weighted by Gasteiger charge is 2.16. The number of fused-ring (bicyclic) bond motifs is 1. The molecule has 0 aromatic heterocycles. The highest BCUT2D eigenvalue weighted by atomic mass is 16.7. The number of ether oxygens (including phenoxy) is 3. The van der Waals surface area contributed by atoms with Crippen LogP contribution < -0.4 is 14.8 Å². The number of aliphatic hydroxyl groups excluding tert-OH is 1. The summed E-state index contributed by atoms with van der Waals surface area (Å²) < 4.78 is 15.6. The molecule has 112 valence electrons. The van der Waals surface area contributed by atoms with Crippen molar-refractivity contribution in [1.29, 1.82) is 0 Å². The molecule has 0 amide bonds. The number of hydrogen-bond acceptors (Lipinski definition) is 5. The molecule has 20 heavy (non-hydrogen) atoms. The Hall–Kier alpha value is -1.30. The van der Waals surface area contributed by atoms with Gasteiger partial charge in [-0.25, -0.2) is 0 Å². The summed E-state index contributed by atoms with van der Waals surface area (Å²) in [5.74, 6) is 1.45. The lowest BCUT2D eigenvalue weighted by molar-refractivity contribution is 0.170. The number of hydrogen-bond donors (Lipinski definition) is 2. The Morgan fingerprint density at radius 3 is 2.95 bits per heavy atom. The molecule has 2 rings (SSSR count). The summed E-state index contributed by atoms with van der Waals surface area (Å²) in [5, 5.41) is 13.4. The van der Waals surface area contributed by atoms with Gasteiger partial charge in [-0.3, -0.25) is 0 Å². The van der Waals surface area contributed by atoms with Crippen molar-refractivity contribution >= 4 is 0 Å². The molecule has 0 bridgehead atoms. The van der Waals surface area contributed by atoms with Crippen LogP contribution in [-0.4, -0.2) is 38.7 Å². The van der Waals surface area contributed by atoms with E-state index in [0.29, 0.717) is 12.3 Å². The van der Waals surface area contributed by atoms with E-state index in [2.05, 4.69) is 5.32 Å². The van der Waals surface area contributed by atoms with Crippen LogP contribution in [-0.2, 0) is 4.74 Å².